The van der Waals surface area contributed by atoms with Gasteiger partial charge in [-0.1, -0.05) is 25.0 Å². The highest BCUT2D eigenvalue weighted by atomic mass is 19.4. The zero-order valence-corrected chi connectivity index (χ0v) is 10.3. The zero-order valence-electron chi connectivity index (χ0n) is 10.3. The number of para-hydroxylation sites is 2. The van der Waals surface area contributed by atoms with E-state index in [0.29, 0.717) is 12.8 Å². The van der Waals surface area contributed by atoms with Gasteiger partial charge in [0.25, 0.3) is 0 Å². The largest absolute Gasteiger partial charge is 0.573 e. The Bertz CT molecular complexity index is 428. The predicted octanol–water partition coefficient (Wildman–Crippen LogP) is 3.30. The summed E-state index contributed by atoms with van der Waals surface area (Å²) in [5.41, 5.74) is -0.592. The summed E-state index contributed by atoms with van der Waals surface area (Å²) in [5.74, 6) is -0.281. The maximum absolute atomic E-state index is 12.2. The van der Waals surface area contributed by atoms with Gasteiger partial charge in [0.1, 0.15) is 0 Å². The SMILES string of the molecule is OC1(CNc2ccccc2OC(F)(F)F)CCCC1. The van der Waals surface area contributed by atoms with Crippen molar-refractivity contribution in [3.63, 3.8) is 0 Å². The molecule has 0 atom stereocenters. The first-order valence-electron chi connectivity index (χ1n) is 6.19. The van der Waals surface area contributed by atoms with Crippen molar-refractivity contribution in [2.75, 3.05) is 11.9 Å². The Kier molecular flexibility index (Phi) is 3.89. The van der Waals surface area contributed by atoms with Gasteiger partial charge in [0.05, 0.1) is 11.3 Å². The van der Waals surface area contributed by atoms with Gasteiger partial charge in [0, 0.05) is 6.54 Å². The second-order valence-electron chi connectivity index (χ2n) is 4.83. The Morgan fingerprint density at radius 3 is 2.47 bits per heavy atom. The molecule has 0 radical (unpaired) electrons. The summed E-state index contributed by atoms with van der Waals surface area (Å²) in [6.07, 6.45) is -1.50. The summed E-state index contributed by atoms with van der Waals surface area (Å²) in [6, 6.07) is 5.83. The van der Waals surface area contributed by atoms with E-state index in [-0.39, 0.29) is 18.0 Å². The minimum atomic E-state index is -4.72. The Labute approximate surface area is 109 Å². The van der Waals surface area contributed by atoms with E-state index in [1.807, 2.05) is 0 Å². The smallest absolute Gasteiger partial charge is 0.404 e. The van der Waals surface area contributed by atoms with Crippen LogP contribution in [0.1, 0.15) is 25.7 Å². The quantitative estimate of drug-likeness (QED) is 0.886. The predicted molar refractivity (Wildman–Crippen MR) is 65.0 cm³/mol. The molecule has 1 fully saturated rings. The zero-order chi connectivity index (χ0) is 13.9. The van der Waals surface area contributed by atoms with Gasteiger partial charge in [-0.05, 0) is 25.0 Å². The molecule has 0 amide bonds. The van der Waals surface area contributed by atoms with Gasteiger partial charge in [0.15, 0.2) is 5.75 Å². The van der Waals surface area contributed by atoms with Gasteiger partial charge in [-0.25, -0.2) is 0 Å². The minimum Gasteiger partial charge on any atom is -0.404 e. The monoisotopic (exact) mass is 275 g/mol. The summed E-state index contributed by atoms with van der Waals surface area (Å²) < 4.78 is 40.7. The number of hydrogen-bond donors (Lipinski definition) is 2. The van der Waals surface area contributed by atoms with E-state index < -0.39 is 12.0 Å². The fourth-order valence-corrected chi connectivity index (χ4v) is 2.30. The van der Waals surface area contributed by atoms with E-state index in [1.54, 1.807) is 6.07 Å². The molecular formula is C13H16F3NO2. The van der Waals surface area contributed by atoms with Crippen molar-refractivity contribution in [3.8, 4) is 5.75 Å². The lowest BCUT2D eigenvalue weighted by Crippen LogP contribution is -2.33. The first-order chi connectivity index (χ1) is 8.88. The summed E-state index contributed by atoms with van der Waals surface area (Å²) >= 11 is 0. The molecule has 2 N–H and O–H groups in total. The lowest BCUT2D eigenvalue weighted by atomic mass is 10.0. The van der Waals surface area contributed by atoms with Crippen molar-refractivity contribution in [2.24, 2.45) is 0 Å². The number of hydrogen-bond acceptors (Lipinski definition) is 3. The standard InChI is InChI=1S/C13H16F3NO2/c14-13(15,16)19-11-6-2-1-5-10(11)17-9-12(18)7-3-4-8-12/h1-2,5-6,17-18H,3-4,7-9H2. The average molecular weight is 275 g/mol. The lowest BCUT2D eigenvalue weighted by molar-refractivity contribution is -0.274. The van der Waals surface area contributed by atoms with Crippen LogP contribution in [0.25, 0.3) is 0 Å². The molecule has 1 aromatic rings. The number of nitrogens with one attached hydrogen (secondary N) is 1. The molecule has 0 saturated heterocycles. The molecule has 0 unspecified atom stereocenters. The van der Waals surface area contributed by atoms with E-state index in [2.05, 4.69) is 10.1 Å². The Morgan fingerprint density at radius 1 is 1.21 bits per heavy atom. The lowest BCUT2D eigenvalue weighted by Gasteiger charge is -2.24. The van der Waals surface area contributed by atoms with Crippen molar-refractivity contribution in [2.45, 2.75) is 37.6 Å². The van der Waals surface area contributed by atoms with Gasteiger partial charge >= 0.3 is 6.36 Å². The fourth-order valence-electron chi connectivity index (χ4n) is 2.30. The van der Waals surface area contributed by atoms with Crippen molar-refractivity contribution in [1.82, 2.24) is 0 Å². The van der Waals surface area contributed by atoms with E-state index in [4.69, 9.17) is 0 Å². The average Bonchev–Trinajstić information content (AvgIpc) is 2.74. The number of ether oxygens (including phenoxy) is 1. The highest BCUT2D eigenvalue weighted by Gasteiger charge is 2.33. The molecule has 1 aromatic carbocycles. The topological polar surface area (TPSA) is 41.5 Å². The van der Waals surface area contributed by atoms with Crippen LogP contribution in [-0.4, -0.2) is 23.6 Å². The van der Waals surface area contributed by atoms with Gasteiger partial charge in [-0.15, -0.1) is 13.2 Å². The third-order valence-corrected chi connectivity index (χ3v) is 3.25. The Morgan fingerprint density at radius 2 is 1.84 bits per heavy atom. The fraction of sp³-hybridized carbons (Fsp3) is 0.538. The molecule has 1 aliphatic carbocycles. The molecule has 3 nitrogen and oxygen atoms in total. The molecule has 0 aliphatic heterocycles. The second-order valence-corrected chi connectivity index (χ2v) is 4.83. The molecule has 0 bridgehead atoms. The highest BCUT2D eigenvalue weighted by Crippen LogP contribution is 2.33. The molecule has 0 heterocycles. The summed E-state index contributed by atoms with van der Waals surface area (Å²) in [7, 11) is 0. The first kappa shape index (κ1) is 14.0. The van der Waals surface area contributed by atoms with Gasteiger partial charge in [-0.2, -0.15) is 0 Å². The summed E-state index contributed by atoms with van der Waals surface area (Å²) in [5, 5.41) is 13.0. The van der Waals surface area contributed by atoms with Crippen LogP contribution < -0.4 is 10.1 Å². The number of rotatable bonds is 4. The molecule has 2 rings (SSSR count). The number of alkyl halides is 3. The molecule has 106 valence electrons. The molecule has 0 aromatic heterocycles. The van der Waals surface area contributed by atoms with Gasteiger partial charge in [0.2, 0.25) is 0 Å². The van der Waals surface area contributed by atoms with Crippen molar-refractivity contribution in [3.05, 3.63) is 24.3 Å². The molecular weight excluding hydrogens is 259 g/mol. The molecule has 6 heteroatoms. The maximum atomic E-state index is 12.2. The Balaban J connectivity index is 2.03. The summed E-state index contributed by atoms with van der Waals surface area (Å²) in [4.78, 5) is 0. The molecule has 1 saturated carbocycles. The van der Waals surface area contributed by atoms with Crippen LogP contribution in [0.15, 0.2) is 24.3 Å². The van der Waals surface area contributed by atoms with Crippen LogP contribution in [0, 0.1) is 0 Å². The van der Waals surface area contributed by atoms with E-state index in [1.165, 1.54) is 18.2 Å². The van der Waals surface area contributed by atoms with E-state index >= 15 is 0 Å². The molecule has 1 aliphatic rings. The molecule has 19 heavy (non-hydrogen) atoms. The van der Waals surface area contributed by atoms with Crippen LogP contribution in [0.5, 0.6) is 5.75 Å². The van der Waals surface area contributed by atoms with Gasteiger partial charge in [-0.3, -0.25) is 0 Å². The van der Waals surface area contributed by atoms with Crippen LogP contribution in [0.3, 0.4) is 0 Å². The Hall–Kier alpha value is -1.43. The molecule has 0 spiro atoms. The van der Waals surface area contributed by atoms with Crippen molar-refractivity contribution in [1.29, 1.82) is 0 Å². The first-order valence-corrected chi connectivity index (χ1v) is 6.19. The van der Waals surface area contributed by atoms with Crippen LogP contribution in [0.2, 0.25) is 0 Å². The second kappa shape index (κ2) is 5.28. The minimum absolute atomic E-state index is 0.227. The number of anilines is 1. The number of aliphatic hydroxyl groups is 1. The number of halogens is 3. The van der Waals surface area contributed by atoms with Gasteiger partial charge < -0.3 is 15.2 Å². The summed E-state index contributed by atoms with van der Waals surface area (Å²) in [6.45, 7) is 0.227. The van der Waals surface area contributed by atoms with E-state index in [0.717, 1.165) is 12.8 Å². The van der Waals surface area contributed by atoms with Crippen molar-refractivity contribution >= 4 is 5.69 Å². The third-order valence-electron chi connectivity index (χ3n) is 3.25. The van der Waals surface area contributed by atoms with Crippen LogP contribution in [-0.2, 0) is 0 Å². The van der Waals surface area contributed by atoms with E-state index in [9.17, 15) is 18.3 Å². The maximum Gasteiger partial charge on any atom is 0.573 e. The van der Waals surface area contributed by atoms with Crippen LogP contribution >= 0.6 is 0 Å². The van der Waals surface area contributed by atoms with Crippen molar-refractivity contribution < 1.29 is 23.0 Å². The number of benzene rings is 1. The van der Waals surface area contributed by atoms with Crippen LogP contribution in [0.4, 0.5) is 18.9 Å². The third kappa shape index (κ3) is 4.02. The highest BCUT2D eigenvalue weighted by molar-refractivity contribution is 5.56. The normalized spacial score (nSPS) is 18.3.